The standard InChI is InChI=1S/C12H22N2O.C3H8.C2H6/c1-11(2)7-13-5-3-12(4-6-13)8-14(9-12)10-15;1-3-2;1-2/h10-11H,3-9H2,1-2H3;3H2,1-2H3;1-2H3. The molecule has 2 saturated heterocycles. The number of piperidine rings is 1. The number of amides is 1. The van der Waals surface area contributed by atoms with E-state index in [0.717, 1.165) is 25.4 Å². The van der Waals surface area contributed by atoms with Crippen LogP contribution in [0.25, 0.3) is 0 Å². The van der Waals surface area contributed by atoms with E-state index in [2.05, 4.69) is 32.6 Å². The average Bonchev–Trinajstić information content (AvgIpc) is 2.40. The van der Waals surface area contributed by atoms with Crippen LogP contribution in [0.4, 0.5) is 0 Å². The Morgan fingerprint density at radius 2 is 1.55 bits per heavy atom. The van der Waals surface area contributed by atoms with E-state index in [-0.39, 0.29) is 0 Å². The number of nitrogens with zero attached hydrogens (tertiary/aromatic N) is 2. The van der Waals surface area contributed by atoms with Crippen molar-refractivity contribution in [3.8, 4) is 0 Å². The molecule has 3 heteroatoms. The van der Waals surface area contributed by atoms with Crippen LogP contribution in [0, 0.1) is 11.3 Å². The van der Waals surface area contributed by atoms with Crippen LogP contribution in [-0.2, 0) is 4.79 Å². The number of rotatable bonds is 3. The van der Waals surface area contributed by atoms with Crippen molar-refractivity contribution in [1.82, 2.24) is 9.80 Å². The molecule has 0 aromatic carbocycles. The Labute approximate surface area is 126 Å². The molecule has 120 valence electrons. The monoisotopic (exact) mass is 284 g/mol. The number of carbonyl (C=O) groups is 1. The lowest BCUT2D eigenvalue weighted by Gasteiger charge is -2.52. The first kappa shape index (κ1) is 19.4. The number of hydrogen-bond donors (Lipinski definition) is 0. The van der Waals surface area contributed by atoms with Crippen LogP contribution in [0.3, 0.4) is 0 Å². The molecule has 0 saturated carbocycles. The zero-order valence-electron chi connectivity index (χ0n) is 14.6. The van der Waals surface area contributed by atoms with Crippen molar-refractivity contribution in [3.05, 3.63) is 0 Å². The second kappa shape index (κ2) is 10.2. The summed E-state index contributed by atoms with van der Waals surface area (Å²) in [6.45, 7) is 18.5. The van der Waals surface area contributed by atoms with Gasteiger partial charge in [-0.05, 0) is 31.8 Å². The highest BCUT2D eigenvalue weighted by Gasteiger charge is 2.44. The third-order valence-electron chi connectivity index (χ3n) is 3.77. The van der Waals surface area contributed by atoms with Gasteiger partial charge < -0.3 is 9.80 Å². The second-order valence-corrected chi connectivity index (χ2v) is 6.41. The van der Waals surface area contributed by atoms with E-state index in [4.69, 9.17) is 0 Å². The van der Waals surface area contributed by atoms with Gasteiger partial charge in [-0.2, -0.15) is 0 Å². The van der Waals surface area contributed by atoms with Crippen molar-refractivity contribution in [2.24, 2.45) is 11.3 Å². The molecule has 2 heterocycles. The molecule has 2 aliphatic heterocycles. The summed E-state index contributed by atoms with van der Waals surface area (Å²) < 4.78 is 0. The minimum Gasteiger partial charge on any atom is -0.344 e. The molecule has 2 rings (SSSR count). The summed E-state index contributed by atoms with van der Waals surface area (Å²) in [6.07, 6.45) is 4.81. The fraction of sp³-hybridized carbons (Fsp3) is 0.941. The molecule has 20 heavy (non-hydrogen) atoms. The van der Waals surface area contributed by atoms with Gasteiger partial charge in [0.1, 0.15) is 0 Å². The second-order valence-electron chi connectivity index (χ2n) is 6.41. The van der Waals surface area contributed by atoms with Crippen LogP contribution in [-0.4, -0.2) is 48.9 Å². The van der Waals surface area contributed by atoms with E-state index >= 15 is 0 Å². The van der Waals surface area contributed by atoms with E-state index < -0.39 is 0 Å². The highest BCUT2D eigenvalue weighted by Crippen LogP contribution is 2.39. The summed E-state index contributed by atoms with van der Waals surface area (Å²) in [6, 6.07) is 0. The highest BCUT2D eigenvalue weighted by molar-refractivity contribution is 5.49. The molecule has 0 bridgehead atoms. The molecule has 2 aliphatic rings. The molecule has 2 fully saturated rings. The lowest BCUT2D eigenvalue weighted by Crippen LogP contribution is -2.59. The summed E-state index contributed by atoms with van der Waals surface area (Å²) in [5.74, 6) is 0.770. The Hall–Kier alpha value is -0.570. The molecule has 3 nitrogen and oxygen atoms in total. The Bertz CT molecular complexity index is 237. The van der Waals surface area contributed by atoms with Crippen molar-refractivity contribution in [3.63, 3.8) is 0 Å². The summed E-state index contributed by atoms with van der Waals surface area (Å²) in [5.41, 5.74) is 0.494. The molecule has 0 N–H and O–H groups in total. The van der Waals surface area contributed by atoms with Gasteiger partial charge in [-0.3, -0.25) is 4.79 Å². The van der Waals surface area contributed by atoms with Crippen molar-refractivity contribution in [1.29, 1.82) is 0 Å². The first-order chi connectivity index (χ1) is 9.55. The molecule has 1 spiro atoms. The first-order valence-corrected chi connectivity index (χ1v) is 8.47. The van der Waals surface area contributed by atoms with Gasteiger partial charge >= 0.3 is 0 Å². The van der Waals surface area contributed by atoms with Crippen molar-refractivity contribution in [2.75, 3.05) is 32.7 Å². The van der Waals surface area contributed by atoms with Crippen LogP contribution >= 0.6 is 0 Å². The third kappa shape index (κ3) is 6.25. The van der Waals surface area contributed by atoms with E-state index in [1.54, 1.807) is 0 Å². The molecule has 0 atom stereocenters. The van der Waals surface area contributed by atoms with Gasteiger partial charge in [0.2, 0.25) is 6.41 Å². The number of hydrogen-bond acceptors (Lipinski definition) is 2. The minimum atomic E-state index is 0.494. The fourth-order valence-corrected chi connectivity index (χ4v) is 2.93. The van der Waals surface area contributed by atoms with E-state index in [0.29, 0.717) is 5.41 Å². The normalized spacial score (nSPS) is 20.4. The Balaban J connectivity index is 0.000000641. The Kier molecular flexibility index (Phi) is 9.91. The zero-order chi connectivity index (χ0) is 15.6. The maximum Gasteiger partial charge on any atom is 0.209 e. The molecule has 0 aliphatic carbocycles. The highest BCUT2D eigenvalue weighted by atomic mass is 16.1. The minimum absolute atomic E-state index is 0.494. The predicted octanol–water partition coefficient (Wildman–Crippen LogP) is 3.64. The van der Waals surface area contributed by atoms with Gasteiger partial charge in [0.05, 0.1) is 0 Å². The quantitative estimate of drug-likeness (QED) is 0.739. The first-order valence-electron chi connectivity index (χ1n) is 8.47. The van der Waals surface area contributed by atoms with Gasteiger partial charge in [0.25, 0.3) is 0 Å². The Morgan fingerprint density at radius 3 is 1.90 bits per heavy atom. The van der Waals surface area contributed by atoms with E-state index in [9.17, 15) is 4.79 Å². The molecule has 0 aromatic heterocycles. The smallest absolute Gasteiger partial charge is 0.209 e. The molecule has 1 amide bonds. The number of likely N-dealkylation sites (tertiary alicyclic amines) is 2. The fourth-order valence-electron chi connectivity index (χ4n) is 2.93. The third-order valence-corrected chi connectivity index (χ3v) is 3.77. The van der Waals surface area contributed by atoms with Gasteiger partial charge in [-0.25, -0.2) is 0 Å². The molecular weight excluding hydrogens is 248 g/mol. The molecule has 0 aromatic rings. The maximum absolute atomic E-state index is 10.5. The van der Waals surface area contributed by atoms with E-state index in [1.165, 1.54) is 38.9 Å². The maximum atomic E-state index is 10.5. The lowest BCUT2D eigenvalue weighted by molar-refractivity contribution is -0.132. The summed E-state index contributed by atoms with van der Waals surface area (Å²) in [7, 11) is 0. The lowest BCUT2D eigenvalue weighted by atomic mass is 9.72. The SMILES string of the molecule is CC.CC(C)CN1CCC2(CC1)CN(C=O)C2.CCC. The van der Waals surface area contributed by atoms with Crippen LogP contribution < -0.4 is 0 Å². The summed E-state index contributed by atoms with van der Waals surface area (Å²) in [4.78, 5) is 15.0. The number of carbonyl (C=O) groups excluding carboxylic acids is 1. The topological polar surface area (TPSA) is 23.6 Å². The van der Waals surface area contributed by atoms with Crippen LogP contribution in [0.15, 0.2) is 0 Å². The van der Waals surface area contributed by atoms with Crippen molar-refractivity contribution in [2.45, 2.75) is 60.8 Å². The largest absolute Gasteiger partial charge is 0.344 e. The van der Waals surface area contributed by atoms with Gasteiger partial charge in [0, 0.05) is 25.0 Å². The van der Waals surface area contributed by atoms with Crippen molar-refractivity contribution >= 4 is 6.41 Å². The molecule has 0 radical (unpaired) electrons. The molecule has 0 unspecified atom stereocenters. The molecular formula is C17H36N2O. The summed E-state index contributed by atoms with van der Waals surface area (Å²) in [5, 5.41) is 0. The van der Waals surface area contributed by atoms with Gasteiger partial charge in [0.15, 0.2) is 0 Å². The van der Waals surface area contributed by atoms with Gasteiger partial charge in [-0.15, -0.1) is 0 Å². The zero-order valence-corrected chi connectivity index (χ0v) is 14.6. The predicted molar refractivity (Wildman–Crippen MR) is 87.9 cm³/mol. The van der Waals surface area contributed by atoms with Crippen LogP contribution in [0.1, 0.15) is 60.8 Å². The van der Waals surface area contributed by atoms with Crippen LogP contribution in [0.5, 0.6) is 0 Å². The van der Waals surface area contributed by atoms with Crippen molar-refractivity contribution < 1.29 is 4.79 Å². The van der Waals surface area contributed by atoms with E-state index in [1.807, 2.05) is 18.7 Å². The summed E-state index contributed by atoms with van der Waals surface area (Å²) >= 11 is 0. The average molecular weight is 284 g/mol. The van der Waals surface area contributed by atoms with Crippen LogP contribution in [0.2, 0.25) is 0 Å². The van der Waals surface area contributed by atoms with Gasteiger partial charge in [-0.1, -0.05) is 48.0 Å². The Morgan fingerprint density at radius 1 is 1.10 bits per heavy atom.